The third-order valence-corrected chi connectivity index (χ3v) is 3.46. The molecule has 1 aliphatic rings. The van der Waals surface area contributed by atoms with E-state index < -0.39 is 5.97 Å². The maximum absolute atomic E-state index is 11.0. The van der Waals surface area contributed by atoms with Crippen LogP contribution in [0.3, 0.4) is 0 Å². The molecule has 4 nitrogen and oxygen atoms in total. The molecule has 1 heterocycles. The molecule has 0 spiro atoms. The normalized spacial score (nSPS) is 19.1. The van der Waals surface area contributed by atoms with Crippen LogP contribution < -0.4 is 4.90 Å². The fourth-order valence-corrected chi connectivity index (χ4v) is 2.44. The van der Waals surface area contributed by atoms with Gasteiger partial charge in [-0.05, 0) is 37.8 Å². The number of anilines is 1. The fraction of sp³-hybridized carbons (Fsp3) is 0.533. The molecule has 1 aromatic carbocycles. The number of carboxylic acid groups (broad SMARTS) is 1. The molecule has 1 aromatic rings. The number of carbonyl (C=O) groups is 1. The Morgan fingerprint density at radius 2 is 2.16 bits per heavy atom. The Bertz CT molecular complexity index is 410. The van der Waals surface area contributed by atoms with Crippen LogP contribution in [0.25, 0.3) is 0 Å². The Hall–Kier alpha value is -1.55. The summed E-state index contributed by atoms with van der Waals surface area (Å²) in [4.78, 5) is 13.0. The highest BCUT2D eigenvalue weighted by Gasteiger charge is 2.19. The first kappa shape index (κ1) is 13.9. The lowest BCUT2D eigenvalue weighted by Crippen LogP contribution is -2.37. The Morgan fingerprint density at radius 1 is 1.42 bits per heavy atom. The lowest BCUT2D eigenvalue weighted by Gasteiger charge is -2.30. The van der Waals surface area contributed by atoms with Crippen LogP contribution >= 0.6 is 0 Å². The molecule has 2 rings (SSSR count). The van der Waals surface area contributed by atoms with Crippen molar-refractivity contribution in [1.82, 2.24) is 0 Å². The van der Waals surface area contributed by atoms with Gasteiger partial charge < -0.3 is 14.7 Å². The van der Waals surface area contributed by atoms with Crippen LogP contribution in [-0.4, -0.2) is 37.4 Å². The maximum Gasteiger partial charge on any atom is 0.323 e. The van der Waals surface area contributed by atoms with E-state index in [1.165, 1.54) is 5.56 Å². The molecule has 104 valence electrons. The minimum absolute atomic E-state index is 0.0412. The van der Waals surface area contributed by atoms with Crippen molar-refractivity contribution in [1.29, 1.82) is 0 Å². The zero-order chi connectivity index (χ0) is 13.7. The first-order chi connectivity index (χ1) is 9.15. The Balaban J connectivity index is 2.06. The predicted molar refractivity (Wildman–Crippen MR) is 74.6 cm³/mol. The molecule has 1 unspecified atom stereocenters. The fourth-order valence-electron chi connectivity index (χ4n) is 2.44. The maximum atomic E-state index is 11.0. The number of carboxylic acids is 1. The highest BCUT2D eigenvalue weighted by atomic mass is 16.5. The summed E-state index contributed by atoms with van der Waals surface area (Å²) in [6.45, 7) is 4.39. The molecular weight excluding hydrogens is 242 g/mol. The van der Waals surface area contributed by atoms with Crippen molar-refractivity contribution in [3.05, 3.63) is 29.8 Å². The van der Waals surface area contributed by atoms with E-state index in [9.17, 15) is 4.79 Å². The van der Waals surface area contributed by atoms with Gasteiger partial charge in [0.05, 0.1) is 6.61 Å². The third-order valence-electron chi connectivity index (χ3n) is 3.46. The van der Waals surface area contributed by atoms with E-state index in [2.05, 4.69) is 0 Å². The molecule has 1 atom stereocenters. The Labute approximate surface area is 114 Å². The van der Waals surface area contributed by atoms with E-state index >= 15 is 0 Å². The molecule has 0 radical (unpaired) electrons. The van der Waals surface area contributed by atoms with E-state index in [-0.39, 0.29) is 6.54 Å². The molecule has 0 amide bonds. The summed E-state index contributed by atoms with van der Waals surface area (Å²) in [5.41, 5.74) is 2.15. The van der Waals surface area contributed by atoms with Crippen molar-refractivity contribution < 1.29 is 14.6 Å². The van der Waals surface area contributed by atoms with E-state index in [1.807, 2.05) is 36.1 Å². The van der Waals surface area contributed by atoms with Crippen LogP contribution in [-0.2, 0) is 9.53 Å². The summed E-state index contributed by atoms with van der Waals surface area (Å²) < 4.78 is 5.47. The molecule has 0 saturated carbocycles. The van der Waals surface area contributed by atoms with Gasteiger partial charge in [0.15, 0.2) is 0 Å². The summed E-state index contributed by atoms with van der Waals surface area (Å²) >= 11 is 0. The van der Waals surface area contributed by atoms with Gasteiger partial charge >= 0.3 is 5.97 Å². The zero-order valence-electron chi connectivity index (χ0n) is 11.3. The number of hydrogen-bond acceptors (Lipinski definition) is 3. The Morgan fingerprint density at radius 3 is 2.74 bits per heavy atom. The summed E-state index contributed by atoms with van der Waals surface area (Å²) in [6, 6.07) is 8.01. The molecular formula is C15H21NO3. The summed E-state index contributed by atoms with van der Waals surface area (Å²) in [5.74, 6) is -0.369. The second kappa shape index (κ2) is 6.57. The van der Waals surface area contributed by atoms with Crippen molar-refractivity contribution in [3.8, 4) is 0 Å². The van der Waals surface area contributed by atoms with Crippen LogP contribution in [0.15, 0.2) is 24.3 Å². The number of benzene rings is 1. The number of ether oxygens (including phenoxy) is 1. The smallest absolute Gasteiger partial charge is 0.323 e. The minimum atomic E-state index is -0.794. The van der Waals surface area contributed by atoms with Gasteiger partial charge in [-0.15, -0.1) is 0 Å². The zero-order valence-corrected chi connectivity index (χ0v) is 11.3. The summed E-state index contributed by atoms with van der Waals surface area (Å²) in [6.07, 6.45) is 2.18. The van der Waals surface area contributed by atoms with Crippen LogP contribution in [0.1, 0.15) is 18.4 Å². The minimum Gasteiger partial charge on any atom is -0.480 e. The number of aliphatic carboxylic acids is 1. The number of nitrogens with zero attached hydrogens (tertiary/aromatic N) is 1. The SMILES string of the molecule is Cc1ccc(N(CC(=O)O)CC2CCCOC2)cc1. The second-order valence-electron chi connectivity index (χ2n) is 5.19. The van der Waals surface area contributed by atoms with Crippen LogP contribution in [0.4, 0.5) is 5.69 Å². The van der Waals surface area contributed by atoms with E-state index in [0.29, 0.717) is 5.92 Å². The average molecular weight is 263 g/mol. The topological polar surface area (TPSA) is 49.8 Å². The number of hydrogen-bond donors (Lipinski definition) is 1. The first-order valence-electron chi connectivity index (χ1n) is 6.76. The first-order valence-corrected chi connectivity index (χ1v) is 6.76. The van der Waals surface area contributed by atoms with Gasteiger partial charge in [0.25, 0.3) is 0 Å². The predicted octanol–water partition coefficient (Wildman–Crippen LogP) is 2.31. The van der Waals surface area contributed by atoms with Gasteiger partial charge in [-0.3, -0.25) is 4.79 Å². The van der Waals surface area contributed by atoms with Crippen molar-refractivity contribution in [2.24, 2.45) is 5.92 Å². The molecule has 1 fully saturated rings. The molecule has 0 aromatic heterocycles. The number of rotatable bonds is 5. The van der Waals surface area contributed by atoms with Gasteiger partial charge in [-0.2, -0.15) is 0 Å². The van der Waals surface area contributed by atoms with E-state index in [0.717, 1.165) is 38.3 Å². The second-order valence-corrected chi connectivity index (χ2v) is 5.19. The molecule has 1 N–H and O–H groups in total. The molecule has 0 aliphatic carbocycles. The van der Waals surface area contributed by atoms with Crippen molar-refractivity contribution in [2.45, 2.75) is 19.8 Å². The summed E-state index contributed by atoms with van der Waals surface area (Å²) in [7, 11) is 0. The van der Waals surface area contributed by atoms with E-state index in [1.54, 1.807) is 0 Å². The van der Waals surface area contributed by atoms with Crippen molar-refractivity contribution in [3.63, 3.8) is 0 Å². The molecule has 19 heavy (non-hydrogen) atoms. The van der Waals surface area contributed by atoms with Crippen molar-refractivity contribution >= 4 is 11.7 Å². The largest absolute Gasteiger partial charge is 0.480 e. The lowest BCUT2D eigenvalue weighted by atomic mass is 10.0. The quantitative estimate of drug-likeness (QED) is 0.885. The monoisotopic (exact) mass is 263 g/mol. The summed E-state index contributed by atoms with van der Waals surface area (Å²) in [5, 5.41) is 9.06. The molecule has 0 bridgehead atoms. The molecule has 4 heteroatoms. The van der Waals surface area contributed by atoms with E-state index in [4.69, 9.17) is 9.84 Å². The van der Waals surface area contributed by atoms with Gasteiger partial charge in [-0.25, -0.2) is 0 Å². The van der Waals surface area contributed by atoms with Crippen LogP contribution in [0.5, 0.6) is 0 Å². The highest BCUT2D eigenvalue weighted by molar-refractivity contribution is 5.73. The Kier molecular flexibility index (Phi) is 4.80. The third kappa shape index (κ3) is 4.24. The number of aryl methyl sites for hydroxylation is 1. The van der Waals surface area contributed by atoms with Crippen LogP contribution in [0, 0.1) is 12.8 Å². The average Bonchev–Trinajstić information content (AvgIpc) is 2.39. The molecule has 1 aliphatic heterocycles. The standard InChI is InChI=1S/C15H21NO3/c1-12-4-6-14(7-5-12)16(10-15(17)18)9-13-3-2-8-19-11-13/h4-7,13H,2-3,8-11H2,1H3,(H,17,18). The highest BCUT2D eigenvalue weighted by Crippen LogP contribution is 2.20. The molecule has 1 saturated heterocycles. The van der Waals surface area contributed by atoms with Gasteiger partial charge in [-0.1, -0.05) is 17.7 Å². The van der Waals surface area contributed by atoms with Crippen molar-refractivity contribution in [2.75, 3.05) is 31.2 Å². The van der Waals surface area contributed by atoms with Crippen LogP contribution in [0.2, 0.25) is 0 Å². The van der Waals surface area contributed by atoms with Gasteiger partial charge in [0, 0.05) is 18.8 Å². The lowest BCUT2D eigenvalue weighted by molar-refractivity contribution is -0.135. The van der Waals surface area contributed by atoms with Gasteiger partial charge in [0.2, 0.25) is 0 Å². The van der Waals surface area contributed by atoms with Gasteiger partial charge in [0.1, 0.15) is 6.54 Å².